The fraction of sp³-hybridized carbons (Fsp3) is 0.800. The molecule has 0 amide bonds. The van der Waals surface area contributed by atoms with Crippen LogP contribution in [-0.2, 0) is 24.1 Å². The van der Waals surface area contributed by atoms with Crippen LogP contribution in [0, 0.1) is 5.41 Å². The van der Waals surface area contributed by atoms with Crippen LogP contribution in [0.1, 0.15) is 33.6 Å². The van der Waals surface area contributed by atoms with Gasteiger partial charge in [-0.05, 0) is 19.8 Å². The molecule has 5 nitrogen and oxygen atoms in total. The van der Waals surface area contributed by atoms with Gasteiger partial charge < -0.3 is 4.74 Å². The smallest absolute Gasteiger partial charge is 0.359 e. The third-order valence-electron chi connectivity index (χ3n) is 2.42. The Bertz CT molecular complexity index is 200. The Morgan fingerprint density at radius 1 is 1.07 bits per heavy atom. The molecule has 88 valence electrons. The lowest BCUT2D eigenvalue weighted by Gasteiger charge is -2.25. The lowest BCUT2D eigenvalue weighted by molar-refractivity contribution is -0.265. The molecule has 0 radical (unpaired) electrons. The molecule has 0 spiro atoms. The van der Waals surface area contributed by atoms with Gasteiger partial charge in [-0.2, -0.15) is 4.89 Å². The molecular formula is C10H18O5. The Labute approximate surface area is 89.6 Å². The summed E-state index contributed by atoms with van der Waals surface area (Å²) in [5.74, 6) is -1.26. The van der Waals surface area contributed by atoms with Crippen LogP contribution in [0.25, 0.3) is 0 Å². The third kappa shape index (κ3) is 2.92. The van der Waals surface area contributed by atoms with E-state index in [1.807, 2.05) is 0 Å². The van der Waals surface area contributed by atoms with E-state index in [2.05, 4.69) is 9.78 Å². The summed E-state index contributed by atoms with van der Waals surface area (Å²) in [5, 5.41) is 0. The molecule has 0 aromatic heterocycles. The Morgan fingerprint density at radius 3 is 1.93 bits per heavy atom. The van der Waals surface area contributed by atoms with Crippen molar-refractivity contribution in [3.05, 3.63) is 0 Å². The van der Waals surface area contributed by atoms with Crippen LogP contribution in [0.2, 0.25) is 0 Å². The van der Waals surface area contributed by atoms with Gasteiger partial charge in [0.05, 0.1) is 13.7 Å². The second-order valence-electron chi connectivity index (χ2n) is 3.05. The van der Waals surface area contributed by atoms with Crippen molar-refractivity contribution in [2.45, 2.75) is 33.6 Å². The van der Waals surface area contributed by atoms with Crippen molar-refractivity contribution in [2.75, 3.05) is 13.7 Å². The largest absolute Gasteiger partial charge is 0.465 e. The number of hydrogen-bond acceptors (Lipinski definition) is 5. The minimum atomic E-state index is -1.24. The summed E-state index contributed by atoms with van der Waals surface area (Å²) in [4.78, 5) is 32.0. The molecule has 0 aliphatic carbocycles. The number of carbonyl (C=O) groups is 2. The highest BCUT2D eigenvalue weighted by atomic mass is 17.2. The zero-order chi connectivity index (χ0) is 11.9. The van der Waals surface area contributed by atoms with E-state index >= 15 is 0 Å². The van der Waals surface area contributed by atoms with Crippen molar-refractivity contribution in [1.29, 1.82) is 0 Å². The van der Waals surface area contributed by atoms with Gasteiger partial charge in [0.2, 0.25) is 0 Å². The van der Waals surface area contributed by atoms with Crippen molar-refractivity contribution in [3.63, 3.8) is 0 Å². The van der Waals surface area contributed by atoms with Gasteiger partial charge in [-0.1, -0.05) is 13.8 Å². The number of ether oxygens (including phenoxy) is 1. The monoisotopic (exact) mass is 218 g/mol. The zero-order valence-corrected chi connectivity index (χ0v) is 9.66. The molecule has 0 aromatic carbocycles. The molecule has 0 saturated carbocycles. The molecule has 0 aliphatic rings. The average molecular weight is 218 g/mol. The van der Waals surface area contributed by atoms with Crippen molar-refractivity contribution in [2.24, 2.45) is 5.41 Å². The van der Waals surface area contributed by atoms with Crippen LogP contribution in [0.4, 0.5) is 0 Å². The van der Waals surface area contributed by atoms with Crippen LogP contribution >= 0.6 is 0 Å². The first kappa shape index (κ1) is 13.9. The van der Waals surface area contributed by atoms with Gasteiger partial charge in [-0.25, -0.2) is 4.79 Å². The highest BCUT2D eigenvalue weighted by Gasteiger charge is 2.46. The van der Waals surface area contributed by atoms with Gasteiger partial charge in [0.25, 0.3) is 0 Å². The third-order valence-corrected chi connectivity index (χ3v) is 2.42. The summed E-state index contributed by atoms with van der Waals surface area (Å²) in [6.07, 6.45) is 0.648. The maximum Gasteiger partial charge on any atom is 0.359 e. The lowest BCUT2D eigenvalue weighted by Crippen LogP contribution is -2.41. The van der Waals surface area contributed by atoms with Crippen LogP contribution in [-0.4, -0.2) is 25.7 Å². The van der Waals surface area contributed by atoms with Crippen molar-refractivity contribution < 1.29 is 24.1 Å². The van der Waals surface area contributed by atoms with Crippen molar-refractivity contribution in [1.82, 2.24) is 0 Å². The summed E-state index contributed by atoms with van der Waals surface area (Å²) < 4.78 is 4.86. The molecule has 0 aromatic rings. The fourth-order valence-electron chi connectivity index (χ4n) is 1.34. The lowest BCUT2D eigenvalue weighted by atomic mass is 9.82. The van der Waals surface area contributed by atoms with E-state index in [4.69, 9.17) is 4.74 Å². The first-order chi connectivity index (χ1) is 7.08. The second kappa shape index (κ2) is 6.40. The van der Waals surface area contributed by atoms with E-state index in [0.717, 1.165) is 0 Å². The highest BCUT2D eigenvalue weighted by Crippen LogP contribution is 2.30. The molecule has 15 heavy (non-hydrogen) atoms. The quantitative estimate of drug-likeness (QED) is 0.292. The first-order valence-electron chi connectivity index (χ1n) is 5.01. The highest BCUT2D eigenvalue weighted by molar-refractivity contribution is 5.99. The maximum absolute atomic E-state index is 11.7. The number of esters is 1. The van der Waals surface area contributed by atoms with Gasteiger partial charge in [-0.3, -0.25) is 9.68 Å². The van der Waals surface area contributed by atoms with Crippen LogP contribution in [0.3, 0.4) is 0 Å². The minimum Gasteiger partial charge on any atom is -0.465 e. The number of rotatable bonds is 6. The van der Waals surface area contributed by atoms with E-state index in [0.29, 0.717) is 12.8 Å². The molecule has 0 bridgehead atoms. The Morgan fingerprint density at radius 2 is 1.60 bits per heavy atom. The zero-order valence-electron chi connectivity index (χ0n) is 9.66. The Balaban J connectivity index is 4.86. The van der Waals surface area contributed by atoms with E-state index in [1.165, 1.54) is 7.11 Å². The standard InChI is InChI=1S/C10H18O5/c1-5-10(6-2,8(11)14-7-3)9(12)15-13-4/h5-7H2,1-4H3. The molecule has 0 rings (SSSR count). The molecule has 0 heterocycles. The van der Waals surface area contributed by atoms with Crippen LogP contribution in [0.5, 0.6) is 0 Å². The van der Waals surface area contributed by atoms with Crippen LogP contribution < -0.4 is 0 Å². The summed E-state index contributed by atoms with van der Waals surface area (Å²) in [6, 6.07) is 0. The molecule has 0 N–H and O–H groups in total. The summed E-state index contributed by atoms with van der Waals surface area (Å²) in [6.45, 7) is 5.39. The van der Waals surface area contributed by atoms with Gasteiger partial charge in [0.15, 0.2) is 5.41 Å². The normalized spacial score (nSPS) is 10.9. The number of carbonyl (C=O) groups excluding carboxylic acids is 2. The summed E-state index contributed by atoms with van der Waals surface area (Å²) >= 11 is 0. The molecule has 0 saturated heterocycles. The van der Waals surface area contributed by atoms with Crippen LogP contribution in [0.15, 0.2) is 0 Å². The van der Waals surface area contributed by atoms with Gasteiger partial charge in [0.1, 0.15) is 0 Å². The molecular weight excluding hydrogens is 200 g/mol. The van der Waals surface area contributed by atoms with Gasteiger partial charge >= 0.3 is 11.9 Å². The Kier molecular flexibility index (Phi) is 5.93. The summed E-state index contributed by atoms with van der Waals surface area (Å²) in [5.41, 5.74) is -1.24. The van der Waals surface area contributed by atoms with E-state index in [1.54, 1.807) is 20.8 Å². The van der Waals surface area contributed by atoms with Gasteiger partial charge in [-0.15, -0.1) is 0 Å². The average Bonchev–Trinajstić information content (AvgIpc) is 2.21. The van der Waals surface area contributed by atoms with Crippen molar-refractivity contribution >= 4 is 11.9 Å². The van der Waals surface area contributed by atoms with E-state index in [9.17, 15) is 9.59 Å². The first-order valence-corrected chi connectivity index (χ1v) is 5.01. The van der Waals surface area contributed by atoms with E-state index < -0.39 is 17.4 Å². The minimum absolute atomic E-state index is 0.237. The SMILES string of the molecule is CCOC(=O)C(CC)(CC)C(=O)OOC. The predicted octanol–water partition coefficient (Wildman–Crippen LogP) is 1.46. The molecule has 0 atom stereocenters. The molecule has 0 unspecified atom stereocenters. The molecule has 0 aliphatic heterocycles. The predicted molar refractivity (Wildman–Crippen MR) is 52.7 cm³/mol. The summed E-state index contributed by atoms with van der Waals surface area (Å²) in [7, 11) is 1.22. The molecule has 0 fully saturated rings. The van der Waals surface area contributed by atoms with E-state index in [-0.39, 0.29) is 6.61 Å². The van der Waals surface area contributed by atoms with Gasteiger partial charge in [0, 0.05) is 0 Å². The Hall–Kier alpha value is -1.10. The topological polar surface area (TPSA) is 61.8 Å². The number of hydrogen-bond donors (Lipinski definition) is 0. The molecule has 5 heteroatoms. The second-order valence-corrected chi connectivity index (χ2v) is 3.05. The maximum atomic E-state index is 11.7. The fourth-order valence-corrected chi connectivity index (χ4v) is 1.34. The van der Waals surface area contributed by atoms with Crippen molar-refractivity contribution in [3.8, 4) is 0 Å².